The van der Waals surface area contributed by atoms with Crippen molar-refractivity contribution in [1.82, 2.24) is 0 Å². The Balaban J connectivity index is 1.87. The molecule has 1 aliphatic heterocycles. The quantitative estimate of drug-likeness (QED) is 0.875. The lowest BCUT2D eigenvalue weighted by molar-refractivity contribution is 0.0812. The van der Waals surface area contributed by atoms with Gasteiger partial charge in [0.05, 0.1) is 12.2 Å². The molecule has 0 saturated carbocycles. The molecule has 3 heteroatoms. The van der Waals surface area contributed by atoms with Gasteiger partial charge in [0, 0.05) is 11.6 Å². The molecule has 0 aromatic heterocycles. The van der Waals surface area contributed by atoms with Gasteiger partial charge in [-0.2, -0.15) is 0 Å². The Morgan fingerprint density at radius 3 is 2.94 bits per heavy atom. The maximum atomic E-state index is 10.0. The van der Waals surface area contributed by atoms with Crippen molar-refractivity contribution < 1.29 is 9.84 Å². The van der Waals surface area contributed by atoms with E-state index in [-0.39, 0.29) is 0 Å². The average Bonchev–Trinajstić information content (AvgIpc) is 2.79. The summed E-state index contributed by atoms with van der Waals surface area (Å²) in [4.78, 5) is 0. The summed E-state index contributed by atoms with van der Waals surface area (Å²) in [5, 5.41) is 10.7. The minimum absolute atomic E-state index is 0.331. The van der Waals surface area contributed by atoms with Crippen molar-refractivity contribution in [2.75, 3.05) is 6.61 Å². The van der Waals surface area contributed by atoms with Crippen molar-refractivity contribution in [3.05, 3.63) is 34.9 Å². The van der Waals surface area contributed by atoms with Crippen LogP contribution in [0.2, 0.25) is 5.02 Å². The summed E-state index contributed by atoms with van der Waals surface area (Å²) < 4.78 is 5.53. The SMILES string of the molecule is OC(CCC1CCCO1)c1ccccc1Cl. The zero-order valence-electron chi connectivity index (χ0n) is 9.23. The van der Waals surface area contributed by atoms with E-state index in [4.69, 9.17) is 16.3 Å². The standard InChI is InChI=1S/C13H17ClO2/c14-12-6-2-1-5-11(12)13(15)8-7-10-4-3-9-16-10/h1-2,5-6,10,13,15H,3-4,7-9H2. The smallest absolute Gasteiger partial charge is 0.0805 e. The molecular formula is C13H17ClO2. The number of ether oxygens (including phenoxy) is 1. The van der Waals surface area contributed by atoms with E-state index in [0.717, 1.165) is 31.4 Å². The zero-order valence-corrected chi connectivity index (χ0v) is 9.99. The van der Waals surface area contributed by atoms with E-state index in [1.54, 1.807) is 0 Å². The third-order valence-corrected chi connectivity index (χ3v) is 3.39. The molecule has 0 spiro atoms. The van der Waals surface area contributed by atoms with Crippen molar-refractivity contribution in [3.8, 4) is 0 Å². The van der Waals surface area contributed by atoms with Crippen molar-refractivity contribution in [2.45, 2.75) is 37.9 Å². The van der Waals surface area contributed by atoms with E-state index in [1.807, 2.05) is 24.3 Å². The summed E-state index contributed by atoms with van der Waals surface area (Å²) in [5.41, 5.74) is 0.821. The fourth-order valence-corrected chi connectivity index (χ4v) is 2.38. The first-order chi connectivity index (χ1) is 7.77. The molecule has 1 fully saturated rings. The third kappa shape index (κ3) is 2.97. The van der Waals surface area contributed by atoms with Crippen molar-refractivity contribution in [2.24, 2.45) is 0 Å². The topological polar surface area (TPSA) is 29.5 Å². The van der Waals surface area contributed by atoms with Gasteiger partial charge in [-0.3, -0.25) is 0 Å². The van der Waals surface area contributed by atoms with E-state index in [1.165, 1.54) is 0 Å². The van der Waals surface area contributed by atoms with Gasteiger partial charge in [0.25, 0.3) is 0 Å². The van der Waals surface area contributed by atoms with Crippen LogP contribution in [0.25, 0.3) is 0 Å². The first-order valence-corrected chi connectivity index (χ1v) is 6.19. The molecule has 2 atom stereocenters. The molecule has 0 amide bonds. The van der Waals surface area contributed by atoms with Crippen LogP contribution in [-0.4, -0.2) is 17.8 Å². The van der Waals surface area contributed by atoms with E-state index in [9.17, 15) is 5.11 Å². The molecule has 88 valence electrons. The minimum atomic E-state index is -0.474. The van der Waals surface area contributed by atoms with Gasteiger partial charge < -0.3 is 9.84 Å². The number of benzene rings is 1. The normalized spacial score (nSPS) is 22.2. The molecule has 2 unspecified atom stereocenters. The summed E-state index contributed by atoms with van der Waals surface area (Å²) in [6.45, 7) is 0.868. The first-order valence-electron chi connectivity index (χ1n) is 5.81. The zero-order chi connectivity index (χ0) is 11.4. The Labute approximate surface area is 101 Å². The maximum Gasteiger partial charge on any atom is 0.0805 e. The molecule has 1 aromatic carbocycles. The van der Waals surface area contributed by atoms with Crippen LogP contribution in [0, 0.1) is 0 Å². The van der Waals surface area contributed by atoms with E-state index >= 15 is 0 Å². The molecule has 0 bridgehead atoms. The van der Waals surface area contributed by atoms with Crippen LogP contribution in [0.5, 0.6) is 0 Å². The Hall–Kier alpha value is -0.570. The predicted octanol–water partition coefficient (Wildman–Crippen LogP) is 3.33. The molecule has 1 saturated heterocycles. The highest BCUT2D eigenvalue weighted by molar-refractivity contribution is 6.31. The average molecular weight is 241 g/mol. The van der Waals surface area contributed by atoms with Crippen molar-refractivity contribution in [3.63, 3.8) is 0 Å². The molecule has 2 nitrogen and oxygen atoms in total. The number of hydrogen-bond acceptors (Lipinski definition) is 2. The highest BCUT2D eigenvalue weighted by Crippen LogP contribution is 2.28. The van der Waals surface area contributed by atoms with Crippen molar-refractivity contribution in [1.29, 1.82) is 0 Å². The maximum absolute atomic E-state index is 10.0. The van der Waals surface area contributed by atoms with Gasteiger partial charge in [0.15, 0.2) is 0 Å². The molecule has 0 aliphatic carbocycles. The van der Waals surface area contributed by atoms with Gasteiger partial charge in [-0.25, -0.2) is 0 Å². The fourth-order valence-electron chi connectivity index (χ4n) is 2.12. The van der Waals surface area contributed by atoms with Gasteiger partial charge >= 0.3 is 0 Å². The highest BCUT2D eigenvalue weighted by atomic mass is 35.5. The summed E-state index contributed by atoms with van der Waals surface area (Å²) in [6, 6.07) is 7.46. The summed E-state index contributed by atoms with van der Waals surface area (Å²) in [5.74, 6) is 0. The van der Waals surface area contributed by atoms with Crippen LogP contribution >= 0.6 is 11.6 Å². The molecule has 1 aromatic rings. The second kappa shape index (κ2) is 5.67. The van der Waals surface area contributed by atoms with Gasteiger partial charge in [-0.15, -0.1) is 0 Å². The molecule has 1 aliphatic rings. The number of aliphatic hydroxyl groups excluding tert-OH is 1. The van der Waals surface area contributed by atoms with E-state index < -0.39 is 6.10 Å². The van der Waals surface area contributed by atoms with Crippen LogP contribution in [0.3, 0.4) is 0 Å². The minimum Gasteiger partial charge on any atom is -0.388 e. The van der Waals surface area contributed by atoms with Crippen LogP contribution in [0.4, 0.5) is 0 Å². The second-order valence-corrected chi connectivity index (χ2v) is 4.66. The molecular weight excluding hydrogens is 224 g/mol. The van der Waals surface area contributed by atoms with Gasteiger partial charge in [0.2, 0.25) is 0 Å². The predicted molar refractivity (Wildman–Crippen MR) is 64.6 cm³/mol. The molecule has 1 heterocycles. The Kier molecular flexibility index (Phi) is 4.22. The summed E-state index contributed by atoms with van der Waals surface area (Å²) >= 11 is 6.02. The highest BCUT2D eigenvalue weighted by Gasteiger charge is 2.18. The monoisotopic (exact) mass is 240 g/mol. The lowest BCUT2D eigenvalue weighted by atomic mass is 10.0. The lowest BCUT2D eigenvalue weighted by Gasteiger charge is -2.15. The van der Waals surface area contributed by atoms with Crippen LogP contribution in [-0.2, 0) is 4.74 Å². The van der Waals surface area contributed by atoms with Crippen molar-refractivity contribution >= 4 is 11.6 Å². The first kappa shape index (κ1) is 11.9. The fraction of sp³-hybridized carbons (Fsp3) is 0.538. The largest absolute Gasteiger partial charge is 0.388 e. The number of hydrogen-bond donors (Lipinski definition) is 1. The lowest BCUT2D eigenvalue weighted by Crippen LogP contribution is -2.08. The van der Waals surface area contributed by atoms with Crippen LogP contribution < -0.4 is 0 Å². The third-order valence-electron chi connectivity index (χ3n) is 3.05. The Morgan fingerprint density at radius 2 is 2.25 bits per heavy atom. The second-order valence-electron chi connectivity index (χ2n) is 4.25. The van der Waals surface area contributed by atoms with Gasteiger partial charge in [-0.1, -0.05) is 29.8 Å². The summed E-state index contributed by atoms with van der Waals surface area (Å²) in [7, 11) is 0. The van der Waals surface area contributed by atoms with E-state index in [2.05, 4.69) is 0 Å². The molecule has 1 N–H and O–H groups in total. The molecule has 0 radical (unpaired) electrons. The molecule has 16 heavy (non-hydrogen) atoms. The number of rotatable bonds is 4. The number of halogens is 1. The molecule has 2 rings (SSSR count). The van der Waals surface area contributed by atoms with Gasteiger partial charge in [-0.05, 0) is 37.3 Å². The summed E-state index contributed by atoms with van der Waals surface area (Å²) in [6.07, 6.45) is 3.75. The van der Waals surface area contributed by atoms with Crippen LogP contribution in [0.1, 0.15) is 37.4 Å². The van der Waals surface area contributed by atoms with E-state index in [0.29, 0.717) is 17.5 Å². The Morgan fingerprint density at radius 1 is 1.44 bits per heavy atom. The number of aliphatic hydroxyl groups is 1. The van der Waals surface area contributed by atoms with Gasteiger partial charge in [0.1, 0.15) is 0 Å². The van der Waals surface area contributed by atoms with Crippen LogP contribution in [0.15, 0.2) is 24.3 Å². The Bertz CT molecular complexity index is 334.